The predicted octanol–water partition coefficient (Wildman–Crippen LogP) is 3.59. The van der Waals surface area contributed by atoms with Gasteiger partial charge in [0.2, 0.25) is 0 Å². The van der Waals surface area contributed by atoms with E-state index in [4.69, 9.17) is 11.6 Å². The van der Waals surface area contributed by atoms with Crippen LogP contribution in [0.5, 0.6) is 0 Å². The third-order valence-electron chi connectivity index (χ3n) is 5.59. The highest BCUT2D eigenvalue weighted by Crippen LogP contribution is 2.26. The van der Waals surface area contributed by atoms with E-state index in [1.807, 2.05) is 19.1 Å². The third kappa shape index (κ3) is 5.91. The molecule has 1 fully saturated rings. The standard InChI is InChI=1S/C23H25ClN2O6S/c1-2-3-12-26-20(21(27)25-23(26)30)13-17(22(28)29)14-33(31,32)19-10-6-16(7-11-19)15-4-8-18(24)9-5-15/h4-11,17,20H,2-3,12-14H2,1H3,(H,28,29)(H,25,27,30). The van der Waals surface area contributed by atoms with Crippen LogP contribution in [0.2, 0.25) is 5.02 Å². The van der Waals surface area contributed by atoms with Gasteiger partial charge in [0.05, 0.1) is 16.6 Å². The molecule has 0 aliphatic carbocycles. The third-order valence-corrected chi connectivity index (χ3v) is 7.67. The molecule has 0 bridgehead atoms. The predicted molar refractivity (Wildman–Crippen MR) is 124 cm³/mol. The first-order chi connectivity index (χ1) is 15.6. The van der Waals surface area contributed by atoms with Gasteiger partial charge in [-0.05, 0) is 48.2 Å². The Hall–Kier alpha value is -2.91. The monoisotopic (exact) mass is 492 g/mol. The van der Waals surface area contributed by atoms with Crippen LogP contribution in [0, 0.1) is 5.92 Å². The molecule has 3 amide bonds. The number of aliphatic carboxylic acids is 1. The number of hydrogen-bond donors (Lipinski definition) is 2. The van der Waals surface area contributed by atoms with Gasteiger partial charge in [-0.1, -0.05) is 49.2 Å². The molecule has 1 heterocycles. The highest BCUT2D eigenvalue weighted by atomic mass is 35.5. The maximum Gasteiger partial charge on any atom is 0.324 e. The molecule has 2 N–H and O–H groups in total. The van der Waals surface area contributed by atoms with Crippen molar-refractivity contribution in [1.29, 1.82) is 0 Å². The van der Waals surface area contributed by atoms with Crippen LogP contribution in [0.4, 0.5) is 4.79 Å². The molecular weight excluding hydrogens is 468 g/mol. The second kappa shape index (κ2) is 10.4. The number of imide groups is 1. The Morgan fingerprint density at radius 1 is 1.09 bits per heavy atom. The molecule has 8 nitrogen and oxygen atoms in total. The molecule has 2 aromatic rings. The Bertz CT molecular complexity index is 1130. The van der Waals surface area contributed by atoms with Crippen LogP contribution in [0.3, 0.4) is 0 Å². The van der Waals surface area contributed by atoms with Gasteiger partial charge in [-0.15, -0.1) is 0 Å². The fourth-order valence-electron chi connectivity index (χ4n) is 3.73. The number of urea groups is 1. The molecule has 2 aromatic carbocycles. The molecule has 3 rings (SSSR count). The van der Waals surface area contributed by atoms with Gasteiger partial charge >= 0.3 is 12.0 Å². The van der Waals surface area contributed by atoms with E-state index in [2.05, 4.69) is 5.32 Å². The maximum atomic E-state index is 13.0. The number of carboxylic acid groups (broad SMARTS) is 1. The minimum absolute atomic E-state index is 0.0127. The Kier molecular flexibility index (Phi) is 7.76. The summed E-state index contributed by atoms with van der Waals surface area (Å²) >= 11 is 5.90. The van der Waals surface area contributed by atoms with Crippen LogP contribution in [-0.2, 0) is 19.4 Å². The van der Waals surface area contributed by atoms with Crippen LogP contribution in [0.25, 0.3) is 11.1 Å². The van der Waals surface area contributed by atoms with Crippen molar-refractivity contribution in [3.8, 4) is 11.1 Å². The Morgan fingerprint density at radius 3 is 2.21 bits per heavy atom. The van der Waals surface area contributed by atoms with E-state index in [0.717, 1.165) is 17.5 Å². The van der Waals surface area contributed by atoms with Crippen molar-refractivity contribution in [3.63, 3.8) is 0 Å². The van der Waals surface area contributed by atoms with Gasteiger partial charge in [-0.25, -0.2) is 13.2 Å². The van der Waals surface area contributed by atoms with Crippen molar-refractivity contribution in [2.45, 2.75) is 37.1 Å². The molecule has 0 spiro atoms. The van der Waals surface area contributed by atoms with Gasteiger partial charge in [-0.3, -0.25) is 14.9 Å². The van der Waals surface area contributed by atoms with E-state index in [0.29, 0.717) is 18.0 Å². The van der Waals surface area contributed by atoms with Crippen LogP contribution in [0.15, 0.2) is 53.4 Å². The number of nitrogens with one attached hydrogen (secondary N) is 1. The minimum atomic E-state index is -3.95. The van der Waals surface area contributed by atoms with E-state index in [1.165, 1.54) is 17.0 Å². The number of nitrogens with zero attached hydrogens (tertiary/aromatic N) is 1. The van der Waals surface area contributed by atoms with Gasteiger partial charge < -0.3 is 10.0 Å². The van der Waals surface area contributed by atoms with E-state index in [-0.39, 0.29) is 11.3 Å². The van der Waals surface area contributed by atoms with Crippen LogP contribution >= 0.6 is 11.6 Å². The fourth-order valence-corrected chi connectivity index (χ4v) is 5.41. The minimum Gasteiger partial charge on any atom is -0.481 e. The number of carbonyl (C=O) groups excluding carboxylic acids is 2. The first kappa shape index (κ1) is 24.7. The highest BCUT2D eigenvalue weighted by molar-refractivity contribution is 7.91. The van der Waals surface area contributed by atoms with Crippen molar-refractivity contribution < 1.29 is 27.9 Å². The quantitative estimate of drug-likeness (QED) is 0.489. The second-order valence-electron chi connectivity index (χ2n) is 7.94. The highest BCUT2D eigenvalue weighted by Gasteiger charge is 2.41. The fraction of sp³-hybridized carbons (Fsp3) is 0.348. The number of unbranched alkanes of at least 4 members (excludes halogenated alkanes) is 1. The Balaban J connectivity index is 1.77. The average molecular weight is 493 g/mol. The molecule has 0 radical (unpaired) electrons. The maximum absolute atomic E-state index is 13.0. The Labute approximate surface area is 197 Å². The van der Waals surface area contributed by atoms with Gasteiger partial charge in [0.1, 0.15) is 6.04 Å². The lowest BCUT2D eigenvalue weighted by molar-refractivity contribution is -0.141. The largest absolute Gasteiger partial charge is 0.481 e. The summed E-state index contributed by atoms with van der Waals surface area (Å²) in [6.07, 6.45) is 1.15. The molecule has 10 heteroatoms. The van der Waals surface area contributed by atoms with Crippen molar-refractivity contribution in [2.24, 2.45) is 5.92 Å². The number of sulfone groups is 1. The van der Waals surface area contributed by atoms with Gasteiger partial charge in [0.15, 0.2) is 9.84 Å². The van der Waals surface area contributed by atoms with Crippen molar-refractivity contribution in [1.82, 2.24) is 10.2 Å². The lowest BCUT2D eigenvalue weighted by Gasteiger charge is -2.24. The SMILES string of the molecule is CCCCN1C(=O)NC(=O)C1CC(CS(=O)(=O)c1ccc(-c2ccc(Cl)cc2)cc1)C(=O)O. The number of rotatable bonds is 10. The van der Waals surface area contributed by atoms with E-state index in [1.54, 1.807) is 24.3 Å². The molecule has 176 valence electrons. The molecular formula is C23H25ClN2O6S. The first-order valence-electron chi connectivity index (χ1n) is 10.6. The normalized spacial score (nSPS) is 17.2. The lowest BCUT2D eigenvalue weighted by Crippen LogP contribution is -2.40. The van der Waals surface area contributed by atoms with Crippen molar-refractivity contribution in [3.05, 3.63) is 53.6 Å². The first-order valence-corrected chi connectivity index (χ1v) is 12.6. The second-order valence-corrected chi connectivity index (χ2v) is 10.4. The number of benzene rings is 2. The Morgan fingerprint density at radius 2 is 1.67 bits per heavy atom. The molecule has 1 aliphatic rings. The molecule has 1 saturated heterocycles. The lowest BCUT2D eigenvalue weighted by atomic mass is 10.0. The summed E-state index contributed by atoms with van der Waals surface area (Å²) < 4.78 is 25.9. The topological polar surface area (TPSA) is 121 Å². The summed E-state index contributed by atoms with van der Waals surface area (Å²) in [7, 11) is -3.95. The molecule has 2 unspecified atom stereocenters. The zero-order valence-corrected chi connectivity index (χ0v) is 19.6. The number of carbonyl (C=O) groups is 3. The van der Waals surface area contributed by atoms with E-state index in [9.17, 15) is 27.9 Å². The average Bonchev–Trinajstić information content (AvgIpc) is 3.04. The van der Waals surface area contributed by atoms with E-state index >= 15 is 0 Å². The van der Waals surface area contributed by atoms with Crippen LogP contribution in [-0.4, -0.2) is 54.7 Å². The van der Waals surface area contributed by atoms with Crippen LogP contribution < -0.4 is 5.32 Å². The molecule has 2 atom stereocenters. The van der Waals surface area contributed by atoms with E-state index < -0.39 is 45.5 Å². The smallest absolute Gasteiger partial charge is 0.324 e. The molecule has 0 aromatic heterocycles. The van der Waals surface area contributed by atoms with Crippen LogP contribution in [0.1, 0.15) is 26.2 Å². The van der Waals surface area contributed by atoms with Crippen molar-refractivity contribution >= 4 is 39.3 Å². The number of amides is 3. The number of carboxylic acids is 1. The summed E-state index contributed by atoms with van der Waals surface area (Å²) in [5.74, 6) is -3.97. The van der Waals surface area contributed by atoms with Crippen molar-refractivity contribution in [2.75, 3.05) is 12.3 Å². The van der Waals surface area contributed by atoms with Gasteiger partial charge in [0.25, 0.3) is 5.91 Å². The summed E-state index contributed by atoms with van der Waals surface area (Å²) in [4.78, 5) is 37.4. The number of hydrogen-bond acceptors (Lipinski definition) is 5. The molecule has 33 heavy (non-hydrogen) atoms. The zero-order chi connectivity index (χ0) is 24.2. The zero-order valence-electron chi connectivity index (χ0n) is 18.0. The summed E-state index contributed by atoms with van der Waals surface area (Å²) in [6.45, 7) is 2.22. The summed E-state index contributed by atoms with van der Waals surface area (Å²) in [5, 5.41) is 12.4. The number of halogens is 1. The summed E-state index contributed by atoms with van der Waals surface area (Å²) in [5.41, 5.74) is 1.64. The molecule has 1 aliphatic heterocycles. The molecule has 0 saturated carbocycles. The summed E-state index contributed by atoms with van der Waals surface area (Å²) in [6, 6.07) is 11.6. The van der Waals surface area contributed by atoms with Gasteiger partial charge in [0, 0.05) is 11.6 Å². The van der Waals surface area contributed by atoms with Gasteiger partial charge in [-0.2, -0.15) is 0 Å².